The van der Waals surface area contributed by atoms with E-state index < -0.39 is 17.7 Å². The Bertz CT molecular complexity index is 1310. The van der Waals surface area contributed by atoms with Gasteiger partial charge in [0, 0.05) is 25.1 Å². The number of nitrogens with one attached hydrogen (secondary N) is 2. The van der Waals surface area contributed by atoms with E-state index >= 15 is 0 Å². The van der Waals surface area contributed by atoms with Crippen LogP contribution in [-0.4, -0.2) is 56.3 Å². The Morgan fingerprint density at radius 2 is 1.93 bits per heavy atom. The summed E-state index contributed by atoms with van der Waals surface area (Å²) in [6.07, 6.45) is 5.24. The first-order valence-electron chi connectivity index (χ1n) is 13.2. The maximum atomic E-state index is 13.4. The maximum Gasteiger partial charge on any atom is 0.410 e. The summed E-state index contributed by atoms with van der Waals surface area (Å²) in [6, 6.07) is 5.35. The summed E-state index contributed by atoms with van der Waals surface area (Å²) in [7, 11) is 0. The third-order valence-electron chi connectivity index (χ3n) is 6.44. The van der Waals surface area contributed by atoms with E-state index in [1.54, 1.807) is 32.9 Å². The van der Waals surface area contributed by atoms with Crippen LogP contribution in [0.5, 0.6) is 0 Å². The molecule has 0 aliphatic carbocycles. The second kappa shape index (κ2) is 12.6. The number of halogens is 2. The molecule has 1 aliphatic heterocycles. The number of imidazole rings is 1. The molecule has 0 saturated carbocycles. The SMILES string of the molecule is CC(C)(C)OC(=O)N1CC(C(=O)NC(CCCCCC(=O)c2ncco2)c2[nH]c(-c3ccc(F)cc3)nc2Cl)C1. The molecule has 2 N–H and O–H groups in total. The summed E-state index contributed by atoms with van der Waals surface area (Å²) >= 11 is 6.50. The van der Waals surface area contributed by atoms with Gasteiger partial charge in [-0.15, -0.1) is 0 Å². The van der Waals surface area contributed by atoms with Crippen molar-refractivity contribution in [3.8, 4) is 11.4 Å². The van der Waals surface area contributed by atoms with Crippen LogP contribution in [-0.2, 0) is 9.53 Å². The van der Waals surface area contributed by atoms with Gasteiger partial charge in [0.05, 0.1) is 23.9 Å². The second-order valence-corrected chi connectivity index (χ2v) is 11.2. The number of unbranched alkanes of at least 4 members (excludes halogenated alkanes) is 2. The van der Waals surface area contributed by atoms with Gasteiger partial charge in [-0.05, 0) is 57.9 Å². The van der Waals surface area contributed by atoms with Crippen LogP contribution in [0.1, 0.15) is 75.3 Å². The van der Waals surface area contributed by atoms with Gasteiger partial charge < -0.3 is 24.4 Å². The topological polar surface area (TPSA) is 130 Å². The predicted octanol–water partition coefficient (Wildman–Crippen LogP) is 5.71. The Kier molecular flexibility index (Phi) is 9.24. The summed E-state index contributed by atoms with van der Waals surface area (Å²) < 4.78 is 23.8. The first-order valence-corrected chi connectivity index (χ1v) is 13.6. The van der Waals surface area contributed by atoms with Crippen LogP contribution in [0.2, 0.25) is 5.15 Å². The van der Waals surface area contributed by atoms with Gasteiger partial charge in [-0.25, -0.2) is 19.2 Å². The summed E-state index contributed by atoms with van der Waals surface area (Å²) in [5, 5.41) is 3.26. The molecule has 1 fully saturated rings. The van der Waals surface area contributed by atoms with Crippen molar-refractivity contribution < 1.29 is 27.9 Å². The zero-order chi connectivity index (χ0) is 28.9. The van der Waals surface area contributed by atoms with Crippen molar-refractivity contribution in [2.24, 2.45) is 5.92 Å². The monoisotopic (exact) mass is 573 g/mol. The van der Waals surface area contributed by atoms with Crippen LogP contribution in [0.15, 0.2) is 41.1 Å². The van der Waals surface area contributed by atoms with Gasteiger partial charge in [0.2, 0.25) is 11.7 Å². The van der Waals surface area contributed by atoms with Crippen molar-refractivity contribution in [1.82, 2.24) is 25.2 Å². The number of rotatable bonds is 11. The van der Waals surface area contributed by atoms with Crippen molar-refractivity contribution in [2.75, 3.05) is 13.1 Å². The summed E-state index contributed by atoms with van der Waals surface area (Å²) in [5.74, 6) is -0.562. The van der Waals surface area contributed by atoms with Crippen molar-refractivity contribution in [3.63, 3.8) is 0 Å². The number of Topliss-reactive ketones (excluding diaryl/α,β-unsaturated/α-hetero) is 1. The van der Waals surface area contributed by atoms with E-state index in [0.717, 1.165) is 6.42 Å². The molecule has 4 rings (SSSR count). The van der Waals surface area contributed by atoms with E-state index in [4.69, 9.17) is 20.8 Å². The largest absolute Gasteiger partial charge is 0.444 e. The van der Waals surface area contributed by atoms with Crippen LogP contribution in [0, 0.1) is 11.7 Å². The molecular formula is C28H33ClFN5O5. The average molecular weight is 574 g/mol. The number of benzene rings is 1. The number of nitrogens with zero attached hydrogens (tertiary/aromatic N) is 3. The van der Waals surface area contributed by atoms with E-state index in [2.05, 4.69) is 20.3 Å². The van der Waals surface area contributed by atoms with Gasteiger partial charge in [-0.2, -0.15) is 0 Å². The summed E-state index contributed by atoms with van der Waals surface area (Å²) in [4.78, 5) is 50.5. The number of ether oxygens (including phenoxy) is 1. The van der Waals surface area contributed by atoms with Crippen LogP contribution in [0.25, 0.3) is 11.4 Å². The molecular weight excluding hydrogens is 541 g/mol. The van der Waals surface area contributed by atoms with Crippen LogP contribution in [0.3, 0.4) is 0 Å². The van der Waals surface area contributed by atoms with Crippen molar-refractivity contribution in [2.45, 2.75) is 64.5 Å². The smallest absolute Gasteiger partial charge is 0.410 e. The number of hydrogen-bond acceptors (Lipinski definition) is 7. The van der Waals surface area contributed by atoms with Crippen molar-refractivity contribution in [1.29, 1.82) is 0 Å². The number of aromatic amines is 1. The number of oxazole rings is 1. The molecule has 1 aromatic carbocycles. The average Bonchev–Trinajstić information content (AvgIpc) is 3.52. The maximum absolute atomic E-state index is 13.4. The molecule has 12 heteroatoms. The molecule has 0 radical (unpaired) electrons. The molecule has 3 heterocycles. The molecule has 3 aromatic rings. The highest BCUT2D eigenvalue weighted by atomic mass is 35.5. The Labute approximate surface area is 236 Å². The quantitative estimate of drug-likeness (QED) is 0.222. The molecule has 2 aromatic heterocycles. The fourth-order valence-corrected chi connectivity index (χ4v) is 4.58. The van der Waals surface area contributed by atoms with Crippen molar-refractivity contribution in [3.05, 3.63) is 59.3 Å². The molecule has 1 saturated heterocycles. The van der Waals surface area contributed by atoms with E-state index in [-0.39, 0.29) is 47.6 Å². The summed E-state index contributed by atoms with van der Waals surface area (Å²) in [5.41, 5.74) is 0.569. The zero-order valence-electron chi connectivity index (χ0n) is 22.7. The lowest BCUT2D eigenvalue weighted by Gasteiger charge is -2.39. The number of ketones is 1. The minimum absolute atomic E-state index is 0.101. The number of amides is 2. The van der Waals surface area contributed by atoms with Gasteiger partial charge >= 0.3 is 6.09 Å². The minimum Gasteiger partial charge on any atom is -0.444 e. The van der Waals surface area contributed by atoms with Gasteiger partial charge in [0.25, 0.3) is 5.89 Å². The van der Waals surface area contributed by atoms with Crippen LogP contribution < -0.4 is 5.32 Å². The van der Waals surface area contributed by atoms with Gasteiger partial charge in [0.1, 0.15) is 23.5 Å². The number of aromatic nitrogens is 3. The molecule has 1 unspecified atom stereocenters. The summed E-state index contributed by atoms with van der Waals surface area (Å²) in [6.45, 7) is 5.88. The minimum atomic E-state index is -0.617. The van der Waals surface area contributed by atoms with Gasteiger partial charge in [-0.3, -0.25) is 9.59 Å². The molecule has 1 aliphatic rings. The van der Waals surface area contributed by atoms with E-state index in [1.165, 1.54) is 29.5 Å². The molecule has 214 valence electrons. The van der Waals surface area contributed by atoms with Crippen molar-refractivity contribution >= 4 is 29.4 Å². The number of carbonyl (C=O) groups is 3. The third-order valence-corrected chi connectivity index (χ3v) is 6.73. The van der Waals surface area contributed by atoms with E-state index in [0.29, 0.717) is 42.8 Å². The van der Waals surface area contributed by atoms with E-state index in [1.807, 2.05) is 0 Å². The lowest BCUT2D eigenvalue weighted by atomic mass is 9.98. The highest BCUT2D eigenvalue weighted by molar-refractivity contribution is 6.30. The Hall–Kier alpha value is -3.73. The number of H-pyrrole nitrogens is 1. The highest BCUT2D eigenvalue weighted by Gasteiger charge is 2.38. The molecule has 40 heavy (non-hydrogen) atoms. The van der Waals surface area contributed by atoms with Gasteiger partial charge in [-0.1, -0.05) is 24.4 Å². The predicted molar refractivity (Wildman–Crippen MR) is 145 cm³/mol. The molecule has 0 bridgehead atoms. The van der Waals surface area contributed by atoms with Crippen LogP contribution in [0.4, 0.5) is 9.18 Å². The van der Waals surface area contributed by atoms with Crippen LogP contribution >= 0.6 is 11.6 Å². The molecule has 0 spiro atoms. The fourth-order valence-electron chi connectivity index (χ4n) is 4.32. The standard InChI is InChI=1S/C28H33ClFN5O5/c1-28(2,3)40-27(38)35-15-18(16-35)25(37)32-20(7-5-4-6-8-21(36)26-31-13-14-39-26)22-23(29)34-24(33-22)17-9-11-19(30)12-10-17/h9-14,18,20H,4-8,15-16H2,1-3H3,(H,32,37)(H,33,34). The normalized spacial score (nSPS) is 14.5. The molecule has 10 nitrogen and oxygen atoms in total. The highest BCUT2D eigenvalue weighted by Crippen LogP contribution is 2.30. The molecule has 1 atom stereocenters. The van der Waals surface area contributed by atoms with E-state index in [9.17, 15) is 18.8 Å². The first-order chi connectivity index (χ1) is 19.0. The first kappa shape index (κ1) is 29.3. The molecule has 2 amide bonds. The number of hydrogen-bond donors (Lipinski definition) is 2. The fraction of sp³-hybridized carbons (Fsp3) is 0.464. The zero-order valence-corrected chi connectivity index (χ0v) is 23.5. The number of carbonyl (C=O) groups excluding carboxylic acids is 3. The van der Waals surface area contributed by atoms with Gasteiger partial charge in [0.15, 0.2) is 5.15 Å². The Morgan fingerprint density at radius 1 is 1.20 bits per heavy atom. The Morgan fingerprint density at radius 3 is 2.58 bits per heavy atom. The Balaban J connectivity index is 1.39. The lowest BCUT2D eigenvalue weighted by Crippen LogP contribution is -2.57. The second-order valence-electron chi connectivity index (χ2n) is 10.8. The lowest BCUT2D eigenvalue weighted by molar-refractivity contribution is -0.130. The number of likely N-dealkylation sites (tertiary alicyclic amines) is 1. The third kappa shape index (κ3) is 7.68.